The summed E-state index contributed by atoms with van der Waals surface area (Å²) in [6.45, 7) is 5.99. The predicted octanol–water partition coefficient (Wildman–Crippen LogP) is 2.08. The number of nitrogens with zero attached hydrogens (tertiary/aromatic N) is 3. The summed E-state index contributed by atoms with van der Waals surface area (Å²) < 4.78 is 5.28. The van der Waals surface area contributed by atoms with Crippen LogP contribution in [-0.2, 0) is 0 Å². The Morgan fingerprint density at radius 2 is 1.64 bits per heavy atom. The van der Waals surface area contributed by atoms with E-state index in [-0.39, 0.29) is 0 Å². The lowest BCUT2D eigenvalue weighted by Gasteiger charge is -2.45. The van der Waals surface area contributed by atoms with Gasteiger partial charge in [-0.3, -0.25) is 9.80 Å². The SMILES string of the molecule is COc1ccc(C2CN(C3CCN(C)CC3)CCN2C)cc1. The first-order valence-electron chi connectivity index (χ1n) is 8.44. The van der Waals surface area contributed by atoms with Gasteiger partial charge < -0.3 is 9.64 Å². The molecule has 1 aromatic rings. The number of hydrogen-bond acceptors (Lipinski definition) is 4. The van der Waals surface area contributed by atoms with Gasteiger partial charge in [0.25, 0.3) is 0 Å². The van der Waals surface area contributed by atoms with E-state index in [4.69, 9.17) is 4.74 Å². The molecule has 122 valence electrons. The van der Waals surface area contributed by atoms with Crippen LogP contribution < -0.4 is 4.74 Å². The molecule has 2 fully saturated rings. The van der Waals surface area contributed by atoms with Crippen LogP contribution in [0.1, 0.15) is 24.4 Å². The van der Waals surface area contributed by atoms with Gasteiger partial charge in [-0.05, 0) is 57.7 Å². The average molecular weight is 303 g/mol. The Balaban J connectivity index is 1.67. The van der Waals surface area contributed by atoms with Crippen LogP contribution in [0, 0.1) is 0 Å². The lowest BCUT2D eigenvalue weighted by molar-refractivity contribution is 0.0399. The van der Waals surface area contributed by atoms with Crippen LogP contribution in [0.5, 0.6) is 5.75 Å². The summed E-state index contributed by atoms with van der Waals surface area (Å²) in [5.41, 5.74) is 1.40. The molecule has 0 amide bonds. The molecule has 1 unspecified atom stereocenters. The molecule has 2 heterocycles. The molecule has 2 saturated heterocycles. The minimum Gasteiger partial charge on any atom is -0.497 e. The van der Waals surface area contributed by atoms with Gasteiger partial charge in [0.2, 0.25) is 0 Å². The van der Waals surface area contributed by atoms with E-state index in [1.165, 1.54) is 38.0 Å². The molecule has 2 aliphatic rings. The van der Waals surface area contributed by atoms with Crippen molar-refractivity contribution >= 4 is 0 Å². The van der Waals surface area contributed by atoms with Crippen LogP contribution in [0.4, 0.5) is 0 Å². The van der Waals surface area contributed by atoms with E-state index in [1.54, 1.807) is 7.11 Å². The number of likely N-dealkylation sites (N-methyl/N-ethyl adjacent to an activating group) is 1. The Morgan fingerprint density at radius 3 is 2.27 bits per heavy atom. The molecular formula is C18H29N3O. The molecule has 0 radical (unpaired) electrons. The fourth-order valence-electron chi connectivity index (χ4n) is 3.77. The van der Waals surface area contributed by atoms with Crippen molar-refractivity contribution in [2.75, 3.05) is 53.9 Å². The third-order valence-corrected chi connectivity index (χ3v) is 5.38. The van der Waals surface area contributed by atoms with E-state index in [2.05, 4.69) is 53.1 Å². The van der Waals surface area contributed by atoms with E-state index in [0.29, 0.717) is 6.04 Å². The Kier molecular flexibility index (Phi) is 5.01. The molecule has 0 aliphatic carbocycles. The minimum absolute atomic E-state index is 0.499. The number of piperidine rings is 1. The van der Waals surface area contributed by atoms with Gasteiger partial charge in [-0.15, -0.1) is 0 Å². The topological polar surface area (TPSA) is 19.0 Å². The first-order chi connectivity index (χ1) is 10.7. The first kappa shape index (κ1) is 15.8. The number of methoxy groups -OCH3 is 1. The zero-order valence-electron chi connectivity index (χ0n) is 14.2. The van der Waals surface area contributed by atoms with E-state index >= 15 is 0 Å². The van der Waals surface area contributed by atoms with Crippen LogP contribution in [0.3, 0.4) is 0 Å². The van der Waals surface area contributed by atoms with Crippen molar-refractivity contribution < 1.29 is 4.74 Å². The quantitative estimate of drug-likeness (QED) is 0.851. The van der Waals surface area contributed by atoms with Crippen LogP contribution in [0.25, 0.3) is 0 Å². The fraction of sp³-hybridized carbons (Fsp3) is 0.667. The summed E-state index contributed by atoms with van der Waals surface area (Å²) in [5.74, 6) is 0.939. The van der Waals surface area contributed by atoms with Crippen LogP contribution in [0.2, 0.25) is 0 Å². The Hall–Kier alpha value is -1.10. The van der Waals surface area contributed by atoms with Gasteiger partial charge in [-0.1, -0.05) is 12.1 Å². The molecule has 0 N–H and O–H groups in total. The second-order valence-corrected chi connectivity index (χ2v) is 6.80. The monoisotopic (exact) mass is 303 g/mol. The fourth-order valence-corrected chi connectivity index (χ4v) is 3.77. The van der Waals surface area contributed by atoms with Gasteiger partial charge in [0.15, 0.2) is 0 Å². The maximum absolute atomic E-state index is 5.28. The molecule has 4 heteroatoms. The largest absolute Gasteiger partial charge is 0.497 e. The highest BCUT2D eigenvalue weighted by Crippen LogP contribution is 2.28. The van der Waals surface area contributed by atoms with Gasteiger partial charge in [-0.2, -0.15) is 0 Å². The maximum Gasteiger partial charge on any atom is 0.118 e. The summed E-state index contributed by atoms with van der Waals surface area (Å²) in [7, 11) is 6.21. The van der Waals surface area contributed by atoms with Crippen molar-refractivity contribution in [2.45, 2.75) is 24.9 Å². The van der Waals surface area contributed by atoms with Crippen molar-refractivity contribution in [3.05, 3.63) is 29.8 Å². The average Bonchev–Trinajstić information content (AvgIpc) is 2.56. The van der Waals surface area contributed by atoms with E-state index in [9.17, 15) is 0 Å². The molecule has 1 aromatic carbocycles. The van der Waals surface area contributed by atoms with Crippen molar-refractivity contribution in [1.82, 2.24) is 14.7 Å². The van der Waals surface area contributed by atoms with Crippen molar-refractivity contribution in [3.63, 3.8) is 0 Å². The molecule has 1 atom stereocenters. The lowest BCUT2D eigenvalue weighted by Crippen LogP contribution is -2.53. The number of ether oxygens (including phenoxy) is 1. The van der Waals surface area contributed by atoms with Gasteiger partial charge in [0.1, 0.15) is 5.75 Å². The van der Waals surface area contributed by atoms with Gasteiger partial charge >= 0.3 is 0 Å². The molecule has 0 saturated carbocycles. The number of piperazine rings is 1. The Bertz CT molecular complexity index is 468. The maximum atomic E-state index is 5.28. The smallest absolute Gasteiger partial charge is 0.118 e. The summed E-state index contributed by atoms with van der Waals surface area (Å²) in [6, 6.07) is 9.87. The van der Waals surface area contributed by atoms with E-state index in [0.717, 1.165) is 24.9 Å². The van der Waals surface area contributed by atoms with E-state index in [1.807, 2.05) is 0 Å². The number of likely N-dealkylation sites (tertiary alicyclic amines) is 1. The second kappa shape index (κ2) is 6.99. The number of hydrogen-bond donors (Lipinski definition) is 0. The molecular weight excluding hydrogens is 274 g/mol. The van der Waals surface area contributed by atoms with Crippen molar-refractivity contribution in [1.29, 1.82) is 0 Å². The highest BCUT2D eigenvalue weighted by Gasteiger charge is 2.31. The Labute approximate surface area is 134 Å². The van der Waals surface area contributed by atoms with Gasteiger partial charge in [0.05, 0.1) is 7.11 Å². The number of rotatable bonds is 3. The van der Waals surface area contributed by atoms with Gasteiger partial charge in [-0.25, -0.2) is 0 Å². The molecule has 22 heavy (non-hydrogen) atoms. The van der Waals surface area contributed by atoms with Crippen molar-refractivity contribution in [3.8, 4) is 5.75 Å². The minimum atomic E-state index is 0.499. The second-order valence-electron chi connectivity index (χ2n) is 6.80. The molecule has 2 aliphatic heterocycles. The molecule has 0 spiro atoms. The standard InChI is InChI=1S/C18H29N3O/c1-19-10-8-16(9-11-19)21-13-12-20(2)18(14-21)15-4-6-17(22-3)7-5-15/h4-7,16,18H,8-14H2,1-3H3. The summed E-state index contributed by atoms with van der Waals surface area (Å²) in [4.78, 5) is 7.67. The Morgan fingerprint density at radius 1 is 0.955 bits per heavy atom. The highest BCUT2D eigenvalue weighted by molar-refractivity contribution is 5.29. The van der Waals surface area contributed by atoms with Gasteiger partial charge in [0, 0.05) is 31.7 Å². The third-order valence-electron chi connectivity index (χ3n) is 5.38. The summed E-state index contributed by atoms with van der Waals surface area (Å²) in [5, 5.41) is 0. The van der Waals surface area contributed by atoms with Crippen LogP contribution in [0.15, 0.2) is 24.3 Å². The first-order valence-corrected chi connectivity index (χ1v) is 8.44. The van der Waals surface area contributed by atoms with Crippen LogP contribution >= 0.6 is 0 Å². The number of benzene rings is 1. The zero-order chi connectivity index (χ0) is 15.5. The molecule has 0 bridgehead atoms. The predicted molar refractivity (Wildman–Crippen MR) is 90.5 cm³/mol. The molecule has 3 rings (SSSR count). The zero-order valence-corrected chi connectivity index (χ0v) is 14.2. The highest BCUT2D eigenvalue weighted by atomic mass is 16.5. The molecule has 0 aromatic heterocycles. The lowest BCUT2D eigenvalue weighted by atomic mass is 9.98. The van der Waals surface area contributed by atoms with Crippen LogP contribution in [-0.4, -0.2) is 74.7 Å². The third kappa shape index (κ3) is 3.45. The molecule has 4 nitrogen and oxygen atoms in total. The van der Waals surface area contributed by atoms with Crippen molar-refractivity contribution in [2.24, 2.45) is 0 Å². The van der Waals surface area contributed by atoms with E-state index < -0.39 is 0 Å². The summed E-state index contributed by atoms with van der Waals surface area (Å²) in [6.07, 6.45) is 2.63. The normalized spacial score (nSPS) is 26.2. The summed E-state index contributed by atoms with van der Waals surface area (Å²) >= 11 is 0.